The predicted octanol–water partition coefficient (Wildman–Crippen LogP) is 2.17. The van der Waals surface area contributed by atoms with Crippen molar-refractivity contribution >= 4 is 17.9 Å². The summed E-state index contributed by atoms with van der Waals surface area (Å²) in [6.45, 7) is 6.20. The van der Waals surface area contributed by atoms with Gasteiger partial charge in [0.15, 0.2) is 0 Å². The average Bonchev–Trinajstić information content (AvgIpc) is 2.69. The van der Waals surface area contributed by atoms with E-state index in [1.165, 1.54) is 11.9 Å². The van der Waals surface area contributed by atoms with Crippen LogP contribution >= 0.6 is 11.9 Å². The van der Waals surface area contributed by atoms with Gasteiger partial charge in [-0.1, -0.05) is 13.8 Å². The van der Waals surface area contributed by atoms with Crippen LogP contribution in [0, 0.1) is 0 Å². The number of hydrogen-bond acceptors (Lipinski definition) is 5. The maximum atomic E-state index is 11.2. The normalized spacial score (nSPS) is 19.6. The van der Waals surface area contributed by atoms with Crippen molar-refractivity contribution in [2.75, 3.05) is 19.6 Å². The standard InChI is InChI=1S/C12H16N2O3S.C2H6/c15-9-1-3-10(4-2-9)18-14-8-7-13-6-5-11(14)12(16)17;1-2/h1-4,11,13,15H,5-8H2,(H,16,17);1-2H3. The highest BCUT2D eigenvalue weighted by molar-refractivity contribution is 7.97. The maximum absolute atomic E-state index is 11.2. The van der Waals surface area contributed by atoms with Crippen LogP contribution in [0.25, 0.3) is 0 Å². The van der Waals surface area contributed by atoms with E-state index in [4.69, 9.17) is 0 Å². The van der Waals surface area contributed by atoms with Crippen LogP contribution in [-0.2, 0) is 4.79 Å². The van der Waals surface area contributed by atoms with E-state index in [0.29, 0.717) is 13.0 Å². The summed E-state index contributed by atoms with van der Waals surface area (Å²) in [5.74, 6) is -0.573. The molecule has 112 valence electrons. The molecule has 1 unspecified atom stereocenters. The molecule has 0 bridgehead atoms. The Morgan fingerprint density at radius 1 is 1.30 bits per heavy atom. The number of aromatic hydroxyl groups is 1. The Morgan fingerprint density at radius 2 is 1.95 bits per heavy atom. The van der Waals surface area contributed by atoms with Crippen molar-refractivity contribution in [2.24, 2.45) is 0 Å². The smallest absolute Gasteiger partial charge is 0.321 e. The molecular weight excluding hydrogens is 276 g/mol. The second-order valence-corrected chi connectivity index (χ2v) is 5.24. The second kappa shape index (κ2) is 8.84. The minimum absolute atomic E-state index is 0.215. The molecule has 20 heavy (non-hydrogen) atoms. The number of phenolic OH excluding ortho intramolecular Hbond substituents is 1. The first-order chi connectivity index (χ1) is 9.66. The lowest BCUT2D eigenvalue weighted by molar-refractivity contribution is -0.141. The van der Waals surface area contributed by atoms with Crippen molar-refractivity contribution in [2.45, 2.75) is 31.2 Å². The lowest BCUT2D eigenvalue weighted by Crippen LogP contribution is -2.36. The zero-order valence-corrected chi connectivity index (χ0v) is 12.7. The molecule has 1 aromatic carbocycles. The van der Waals surface area contributed by atoms with Crippen LogP contribution in [0.2, 0.25) is 0 Å². The Labute approximate surface area is 124 Å². The molecule has 0 spiro atoms. The van der Waals surface area contributed by atoms with E-state index in [9.17, 15) is 15.0 Å². The molecular formula is C14H22N2O3S. The minimum Gasteiger partial charge on any atom is -0.508 e. The van der Waals surface area contributed by atoms with E-state index >= 15 is 0 Å². The van der Waals surface area contributed by atoms with Crippen molar-refractivity contribution in [3.8, 4) is 5.75 Å². The molecule has 1 saturated heterocycles. The average molecular weight is 298 g/mol. The van der Waals surface area contributed by atoms with Gasteiger partial charge in [-0.3, -0.25) is 4.79 Å². The van der Waals surface area contributed by atoms with Gasteiger partial charge >= 0.3 is 5.97 Å². The summed E-state index contributed by atoms with van der Waals surface area (Å²) >= 11 is 1.42. The Balaban J connectivity index is 0.000000956. The summed E-state index contributed by atoms with van der Waals surface area (Å²) in [5.41, 5.74) is 0. The number of carboxylic acid groups (broad SMARTS) is 1. The van der Waals surface area contributed by atoms with E-state index in [1.807, 2.05) is 18.2 Å². The van der Waals surface area contributed by atoms with Crippen LogP contribution in [-0.4, -0.2) is 46.2 Å². The fourth-order valence-electron chi connectivity index (χ4n) is 1.85. The number of aliphatic carboxylic acids is 1. The molecule has 1 fully saturated rings. The van der Waals surface area contributed by atoms with Crippen molar-refractivity contribution < 1.29 is 15.0 Å². The molecule has 6 heteroatoms. The van der Waals surface area contributed by atoms with Crippen LogP contribution in [0.5, 0.6) is 5.75 Å². The van der Waals surface area contributed by atoms with Crippen LogP contribution in [0.3, 0.4) is 0 Å². The Kier molecular flexibility index (Phi) is 7.43. The summed E-state index contributed by atoms with van der Waals surface area (Å²) < 4.78 is 1.88. The molecule has 5 nitrogen and oxygen atoms in total. The van der Waals surface area contributed by atoms with E-state index < -0.39 is 12.0 Å². The summed E-state index contributed by atoms with van der Waals surface area (Å²) in [6, 6.07) is 6.32. The van der Waals surface area contributed by atoms with Crippen molar-refractivity contribution in [3.05, 3.63) is 24.3 Å². The SMILES string of the molecule is CC.O=C(O)C1CCNCCN1Sc1ccc(O)cc1. The Morgan fingerprint density at radius 3 is 2.55 bits per heavy atom. The zero-order chi connectivity index (χ0) is 15.0. The fourth-order valence-corrected chi connectivity index (χ4v) is 2.89. The van der Waals surface area contributed by atoms with Crippen LogP contribution in [0.1, 0.15) is 20.3 Å². The molecule has 0 aromatic heterocycles. The minimum atomic E-state index is -0.787. The number of carbonyl (C=O) groups is 1. The van der Waals surface area contributed by atoms with E-state index in [2.05, 4.69) is 5.32 Å². The van der Waals surface area contributed by atoms with Crippen LogP contribution < -0.4 is 5.32 Å². The van der Waals surface area contributed by atoms with E-state index in [0.717, 1.165) is 18.0 Å². The predicted molar refractivity (Wildman–Crippen MR) is 80.9 cm³/mol. The first-order valence-electron chi connectivity index (χ1n) is 6.84. The van der Waals surface area contributed by atoms with E-state index in [1.54, 1.807) is 24.3 Å². The van der Waals surface area contributed by atoms with Gasteiger partial charge in [-0.05, 0) is 49.2 Å². The fraction of sp³-hybridized carbons (Fsp3) is 0.500. The Bertz CT molecular complexity index is 411. The summed E-state index contributed by atoms with van der Waals surface area (Å²) in [5, 5.41) is 21.7. The third kappa shape index (κ3) is 5.03. The van der Waals surface area contributed by atoms with Gasteiger partial charge in [0.1, 0.15) is 11.8 Å². The molecule has 0 saturated carbocycles. The Hall–Kier alpha value is -1.24. The molecule has 1 aliphatic heterocycles. The summed E-state index contributed by atoms with van der Waals surface area (Å²) in [7, 11) is 0. The van der Waals surface area contributed by atoms with Crippen molar-refractivity contribution in [1.29, 1.82) is 0 Å². The van der Waals surface area contributed by atoms with Crippen molar-refractivity contribution in [3.63, 3.8) is 0 Å². The van der Waals surface area contributed by atoms with Gasteiger partial charge in [0.05, 0.1) is 0 Å². The third-order valence-corrected chi connectivity index (χ3v) is 3.95. The number of hydrogen-bond donors (Lipinski definition) is 3. The molecule has 1 heterocycles. The van der Waals surface area contributed by atoms with Gasteiger partial charge in [-0.2, -0.15) is 0 Å². The highest BCUT2D eigenvalue weighted by Gasteiger charge is 2.27. The zero-order valence-electron chi connectivity index (χ0n) is 11.9. The highest BCUT2D eigenvalue weighted by Crippen LogP contribution is 2.27. The first-order valence-corrected chi connectivity index (χ1v) is 7.61. The van der Waals surface area contributed by atoms with Gasteiger partial charge in [-0.25, -0.2) is 4.31 Å². The second-order valence-electron chi connectivity index (χ2n) is 4.12. The molecule has 0 aliphatic carbocycles. The molecule has 1 aromatic rings. The lowest BCUT2D eigenvalue weighted by atomic mass is 10.2. The molecule has 0 radical (unpaired) electrons. The number of phenols is 1. The maximum Gasteiger partial charge on any atom is 0.321 e. The van der Waals surface area contributed by atoms with Gasteiger partial charge in [0.25, 0.3) is 0 Å². The quantitative estimate of drug-likeness (QED) is 0.743. The third-order valence-electron chi connectivity index (χ3n) is 2.80. The summed E-state index contributed by atoms with van der Waals surface area (Å²) in [6.07, 6.45) is 0.598. The summed E-state index contributed by atoms with van der Waals surface area (Å²) in [4.78, 5) is 12.2. The number of nitrogens with zero attached hydrogens (tertiary/aromatic N) is 1. The highest BCUT2D eigenvalue weighted by atomic mass is 32.2. The number of benzene rings is 1. The number of carboxylic acids is 1. The molecule has 1 atom stereocenters. The number of rotatable bonds is 3. The monoisotopic (exact) mass is 298 g/mol. The molecule has 1 aliphatic rings. The van der Waals surface area contributed by atoms with Crippen LogP contribution in [0.15, 0.2) is 29.2 Å². The molecule has 0 amide bonds. The van der Waals surface area contributed by atoms with Gasteiger partial charge in [-0.15, -0.1) is 0 Å². The van der Waals surface area contributed by atoms with Gasteiger partial charge < -0.3 is 15.5 Å². The largest absolute Gasteiger partial charge is 0.508 e. The van der Waals surface area contributed by atoms with Gasteiger partial charge in [0.2, 0.25) is 0 Å². The lowest BCUT2D eigenvalue weighted by Gasteiger charge is -2.24. The number of nitrogens with one attached hydrogen (secondary N) is 1. The first kappa shape index (κ1) is 16.8. The van der Waals surface area contributed by atoms with Crippen molar-refractivity contribution in [1.82, 2.24) is 9.62 Å². The van der Waals surface area contributed by atoms with E-state index in [-0.39, 0.29) is 5.75 Å². The molecule has 2 rings (SSSR count). The van der Waals surface area contributed by atoms with Crippen LogP contribution in [0.4, 0.5) is 0 Å². The molecule has 3 N–H and O–H groups in total. The topological polar surface area (TPSA) is 72.8 Å². The van der Waals surface area contributed by atoms with Gasteiger partial charge in [0, 0.05) is 18.0 Å².